The number of carboxylic acid groups (broad SMARTS) is 1. The van der Waals surface area contributed by atoms with Crippen LogP contribution in [0.5, 0.6) is 11.5 Å². The molecule has 13 heteroatoms. The molecular formula is C25H24N10O3. The molecule has 5 heterocycles. The van der Waals surface area contributed by atoms with Crippen molar-refractivity contribution >= 4 is 40.2 Å². The lowest BCUT2D eigenvalue weighted by Crippen LogP contribution is -2.54. The van der Waals surface area contributed by atoms with Crippen molar-refractivity contribution in [1.82, 2.24) is 39.4 Å². The lowest BCUT2D eigenvalue weighted by Gasteiger charge is -2.38. The SMILES string of the molecule is Cc1cc(Nc2ncnc3cnc(N4CCN(C(=O)O)C[C@@H]4C)nc23)ccc1Oc1ccn2ncnc2c1. The highest BCUT2D eigenvalue weighted by molar-refractivity contribution is 5.87. The van der Waals surface area contributed by atoms with Gasteiger partial charge in [0, 0.05) is 43.6 Å². The first-order valence-corrected chi connectivity index (χ1v) is 12.0. The fraction of sp³-hybridized carbons (Fsp3) is 0.240. The standard InChI is InChI=1S/C25H24N10O3/c1-15-9-17(3-4-20(15)38-18-5-6-35-21(10-18)28-14-30-35)31-23-22-19(27-13-29-23)11-26-24(32-22)34-8-7-33(25(36)37)12-16(34)2/h3-6,9-11,13-14,16H,7-8,12H2,1-2H3,(H,36,37)(H,27,29,31)/t16-/m0/s1. The van der Waals surface area contributed by atoms with Gasteiger partial charge < -0.3 is 25.0 Å². The number of benzene rings is 1. The van der Waals surface area contributed by atoms with Crippen LogP contribution in [-0.4, -0.2) is 76.3 Å². The van der Waals surface area contributed by atoms with Gasteiger partial charge in [0.05, 0.1) is 6.20 Å². The Morgan fingerprint density at radius 2 is 2.00 bits per heavy atom. The van der Waals surface area contributed by atoms with Crippen LogP contribution in [0, 0.1) is 6.92 Å². The van der Waals surface area contributed by atoms with E-state index in [0.29, 0.717) is 59.6 Å². The van der Waals surface area contributed by atoms with Gasteiger partial charge in [-0.3, -0.25) is 0 Å². The van der Waals surface area contributed by atoms with Crippen LogP contribution in [0.15, 0.2) is 55.4 Å². The molecule has 0 aliphatic carbocycles. The summed E-state index contributed by atoms with van der Waals surface area (Å²) < 4.78 is 7.75. The Hall–Kier alpha value is -5.07. The molecule has 0 bridgehead atoms. The Morgan fingerprint density at radius 3 is 2.82 bits per heavy atom. The third-order valence-corrected chi connectivity index (χ3v) is 6.44. The summed E-state index contributed by atoms with van der Waals surface area (Å²) >= 11 is 0. The molecule has 6 rings (SSSR count). The Bertz CT molecular complexity index is 1660. The number of ether oxygens (including phenoxy) is 1. The first kappa shape index (κ1) is 23.3. The smallest absolute Gasteiger partial charge is 0.407 e. The van der Waals surface area contributed by atoms with Crippen molar-refractivity contribution in [2.45, 2.75) is 19.9 Å². The number of anilines is 3. The van der Waals surface area contributed by atoms with Gasteiger partial charge in [-0.1, -0.05) is 0 Å². The third kappa shape index (κ3) is 4.45. The topological polar surface area (TPSA) is 147 Å². The molecule has 1 atom stereocenters. The van der Waals surface area contributed by atoms with Gasteiger partial charge in [-0.2, -0.15) is 5.10 Å². The van der Waals surface area contributed by atoms with Crippen molar-refractivity contribution in [3.63, 3.8) is 0 Å². The van der Waals surface area contributed by atoms with Crippen LogP contribution < -0.4 is 15.0 Å². The van der Waals surface area contributed by atoms with Crippen molar-refractivity contribution in [3.05, 3.63) is 60.9 Å². The second-order valence-corrected chi connectivity index (χ2v) is 9.03. The first-order chi connectivity index (χ1) is 18.4. The van der Waals surface area contributed by atoms with E-state index in [-0.39, 0.29) is 6.04 Å². The fourth-order valence-electron chi connectivity index (χ4n) is 4.47. The van der Waals surface area contributed by atoms with E-state index in [2.05, 4.69) is 30.4 Å². The number of piperazine rings is 1. The quantitative estimate of drug-likeness (QED) is 0.357. The summed E-state index contributed by atoms with van der Waals surface area (Å²) in [6.07, 6.45) is 5.50. The summed E-state index contributed by atoms with van der Waals surface area (Å²) in [4.78, 5) is 36.9. The molecule has 38 heavy (non-hydrogen) atoms. The van der Waals surface area contributed by atoms with Gasteiger partial charge in [-0.05, 0) is 43.7 Å². The van der Waals surface area contributed by atoms with E-state index in [0.717, 1.165) is 11.3 Å². The largest absolute Gasteiger partial charge is 0.465 e. The summed E-state index contributed by atoms with van der Waals surface area (Å²) in [5, 5.41) is 16.7. The van der Waals surface area contributed by atoms with Crippen LogP contribution in [0.1, 0.15) is 12.5 Å². The molecule has 1 saturated heterocycles. The van der Waals surface area contributed by atoms with Gasteiger partial charge in [0.25, 0.3) is 0 Å². The molecule has 5 aromatic rings. The molecule has 4 aromatic heterocycles. The highest BCUT2D eigenvalue weighted by Crippen LogP contribution is 2.30. The van der Waals surface area contributed by atoms with Crippen molar-refractivity contribution in [2.75, 3.05) is 29.9 Å². The van der Waals surface area contributed by atoms with Crippen LogP contribution in [0.4, 0.5) is 22.2 Å². The molecule has 192 valence electrons. The van der Waals surface area contributed by atoms with E-state index in [1.807, 2.05) is 49.1 Å². The Labute approximate surface area is 216 Å². The Morgan fingerprint density at radius 1 is 1.11 bits per heavy atom. The van der Waals surface area contributed by atoms with E-state index in [4.69, 9.17) is 9.72 Å². The fourth-order valence-corrected chi connectivity index (χ4v) is 4.47. The second-order valence-electron chi connectivity index (χ2n) is 9.03. The van der Waals surface area contributed by atoms with Crippen molar-refractivity contribution in [1.29, 1.82) is 0 Å². The zero-order valence-electron chi connectivity index (χ0n) is 20.7. The minimum Gasteiger partial charge on any atom is -0.465 e. The van der Waals surface area contributed by atoms with Crippen LogP contribution in [0.25, 0.3) is 16.7 Å². The third-order valence-electron chi connectivity index (χ3n) is 6.44. The van der Waals surface area contributed by atoms with Crippen LogP contribution >= 0.6 is 0 Å². The Balaban J connectivity index is 1.23. The molecule has 1 aliphatic rings. The summed E-state index contributed by atoms with van der Waals surface area (Å²) in [5.41, 5.74) is 3.61. The normalized spacial score (nSPS) is 15.7. The number of rotatable bonds is 5. The maximum Gasteiger partial charge on any atom is 0.407 e. The summed E-state index contributed by atoms with van der Waals surface area (Å²) in [7, 11) is 0. The number of nitrogens with one attached hydrogen (secondary N) is 1. The number of amides is 1. The molecule has 1 aromatic carbocycles. The molecule has 13 nitrogen and oxygen atoms in total. The number of hydrogen-bond donors (Lipinski definition) is 2. The van der Waals surface area contributed by atoms with Gasteiger partial charge in [-0.25, -0.2) is 34.2 Å². The van der Waals surface area contributed by atoms with Gasteiger partial charge in [-0.15, -0.1) is 0 Å². The van der Waals surface area contributed by atoms with E-state index >= 15 is 0 Å². The minimum atomic E-state index is -0.918. The van der Waals surface area contributed by atoms with Crippen molar-refractivity contribution in [2.24, 2.45) is 0 Å². The molecule has 1 amide bonds. The van der Waals surface area contributed by atoms with Crippen LogP contribution in [0.3, 0.4) is 0 Å². The number of pyridine rings is 1. The number of hydrogen-bond acceptors (Lipinski definition) is 10. The first-order valence-electron chi connectivity index (χ1n) is 12.0. The second kappa shape index (κ2) is 9.42. The molecule has 2 N–H and O–H groups in total. The number of aryl methyl sites for hydroxylation is 1. The number of aromatic nitrogens is 7. The molecule has 0 unspecified atom stereocenters. The molecule has 1 fully saturated rings. The van der Waals surface area contributed by atoms with E-state index in [9.17, 15) is 9.90 Å². The highest BCUT2D eigenvalue weighted by atomic mass is 16.5. The molecule has 1 aliphatic heterocycles. The lowest BCUT2D eigenvalue weighted by molar-refractivity contribution is 0.136. The van der Waals surface area contributed by atoms with Crippen molar-refractivity contribution < 1.29 is 14.6 Å². The average Bonchev–Trinajstić information content (AvgIpc) is 3.38. The van der Waals surface area contributed by atoms with E-state index in [1.165, 1.54) is 17.6 Å². The molecule has 0 saturated carbocycles. The molecule has 0 spiro atoms. The zero-order valence-corrected chi connectivity index (χ0v) is 20.7. The Kier molecular flexibility index (Phi) is 5.79. The number of fused-ring (bicyclic) bond motifs is 2. The summed E-state index contributed by atoms with van der Waals surface area (Å²) in [5.74, 6) is 2.43. The van der Waals surface area contributed by atoms with Gasteiger partial charge >= 0.3 is 6.09 Å². The minimum absolute atomic E-state index is 0.0704. The van der Waals surface area contributed by atoms with E-state index < -0.39 is 6.09 Å². The number of carbonyl (C=O) groups is 1. The van der Waals surface area contributed by atoms with Gasteiger partial charge in [0.15, 0.2) is 11.5 Å². The highest BCUT2D eigenvalue weighted by Gasteiger charge is 2.28. The lowest BCUT2D eigenvalue weighted by atomic mass is 10.2. The van der Waals surface area contributed by atoms with Crippen LogP contribution in [0.2, 0.25) is 0 Å². The zero-order chi connectivity index (χ0) is 26.2. The molecule has 0 radical (unpaired) electrons. The summed E-state index contributed by atoms with van der Waals surface area (Å²) in [6.45, 7) is 5.19. The van der Waals surface area contributed by atoms with Gasteiger partial charge in [0.2, 0.25) is 5.95 Å². The van der Waals surface area contributed by atoms with Crippen molar-refractivity contribution in [3.8, 4) is 11.5 Å². The van der Waals surface area contributed by atoms with E-state index in [1.54, 1.807) is 16.9 Å². The monoisotopic (exact) mass is 512 g/mol. The predicted octanol–water partition coefficient (Wildman–Crippen LogP) is 3.50. The van der Waals surface area contributed by atoms with Crippen LogP contribution in [-0.2, 0) is 0 Å². The predicted molar refractivity (Wildman–Crippen MR) is 139 cm³/mol. The number of nitrogens with zero attached hydrogens (tertiary/aromatic N) is 9. The molecular weight excluding hydrogens is 488 g/mol. The van der Waals surface area contributed by atoms with Gasteiger partial charge in [0.1, 0.15) is 35.2 Å². The maximum atomic E-state index is 11.3. The average molecular weight is 513 g/mol. The summed E-state index contributed by atoms with van der Waals surface area (Å²) in [6, 6.07) is 9.35. The maximum absolute atomic E-state index is 11.3.